The predicted molar refractivity (Wildman–Crippen MR) is 60.3 cm³/mol. The number of amides is 1. The molecule has 0 aliphatic rings. The molecule has 1 aromatic carbocycles. The molecule has 1 amide bonds. The van der Waals surface area contributed by atoms with Gasteiger partial charge in [-0.25, -0.2) is 4.52 Å². The molecule has 0 fully saturated rings. The third-order valence-corrected chi connectivity index (χ3v) is 2.66. The van der Waals surface area contributed by atoms with Crippen LogP contribution in [0.1, 0.15) is 15.9 Å². The van der Waals surface area contributed by atoms with E-state index in [1.54, 1.807) is 18.2 Å². The summed E-state index contributed by atoms with van der Waals surface area (Å²) in [6.07, 6.45) is 1.45. The summed E-state index contributed by atoms with van der Waals surface area (Å²) in [4.78, 5) is 14.4. The number of imidazole rings is 1. The molecule has 0 bridgehead atoms. The molecule has 3 rings (SSSR count). The van der Waals surface area contributed by atoms with Gasteiger partial charge in [0.2, 0.25) is 0 Å². The topological polar surface area (TPSA) is 100.0 Å². The molecule has 2 aromatic heterocycles. The van der Waals surface area contributed by atoms with Gasteiger partial charge in [-0.05, 0) is 12.1 Å². The van der Waals surface area contributed by atoms with Gasteiger partial charge in [-0.15, -0.1) is 0 Å². The number of carbonyl (C=O) groups excluding carboxylic acids is 1. The van der Waals surface area contributed by atoms with Crippen LogP contribution < -0.4 is 5.73 Å². The summed E-state index contributed by atoms with van der Waals surface area (Å²) in [5.74, 6) is -0.523. The maximum absolute atomic E-state index is 11.3. The largest absolute Gasteiger partial charge is 0.366 e. The van der Waals surface area contributed by atoms with E-state index in [4.69, 9.17) is 11.0 Å². The number of nitrogens with zero attached hydrogens (tertiary/aromatic N) is 3. The first-order chi connectivity index (χ1) is 8.22. The molecule has 0 saturated carbocycles. The third-order valence-electron chi connectivity index (χ3n) is 2.66. The SMILES string of the molecule is N#Cc1cnn2c1[nH]c1cccc(C(N)=O)c12. The minimum absolute atomic E-state index is 0.376. The lowest BCUT2D eigenvalue weighted by Crippen LogP contribution is -2.12. The number of primary amides is 1. The average molecular weight is 225 g/mol. The van der Waals surface area contributed by atoms with Gasteiger partial charge in [0.15, 0.2) is 5.65 Å². The highest BCUT2D eigenvalue weighted by Gasteiger charge is 2.15. The number of benzene rings is 1. The van der Waals surface area contributed by atoms with Crippen LogP contribution in [0.5, 0.6) is 0 Å². The number of nitriles is 1. The average Bonchev–Trinajstić information content (AvgIpc) is 2.85. The molecule has 17 heavy (non-hydrogen) atoms. The van der Waals surface area contributed by atoms with E-state index in [0.717, 1.165) is 5.52 Å². The Hall–Kier alpha value is -2.81. The molecule has 3 aromatic rings. The second-order valence-electron chi connectivity index (χ2n) is 3.62. The van der Waals surface area contributed by atoms with Gasteiger partial charge < -0.3 is 10.7 Å². The molecule has 0 aliphatic heterocycles. The second-order valence-corrected chi connectivity index (χ2v) is 3.62. The van der Waals surface area contributed by atoms with Gasteiger partial charge in [0, 0.05) is 0 Å². The van der Waals surface area contributed by atoms with Crippen LogP contribution in [0, 0.1) is 11.3 Å². The predicted octanol–water partition coefficient (Wildman–Crippen LogP) is 0.786. The van der Waals surface area contributed by atoms with E-state index < -0.39 is 5.91 Å². The van der Waals surface area contributed by atoms with Crippen molar-refractivity contribution in [1.29, 1.82) is 5.26 Å². The van der Waals surface area contributed by atoms with Crippen LogP contribution in [0.2, 0.25) is 0 Å². The van der Waals surface area contributed by atoms with E-state index in [-0.39, 0.29) is 0 Å². The normalized spacial score (nSPS) is 10.8. The number of rotatable bonds is 1. The highest BCUT2D eigenvalue weighted by molar-refractivity contribution is 6.05. The number of nitrogens with one attached hydrogen (secondary N) is 1. The van der Waals surface area contributed by atoms with E-state index in [2.05, 4.69) is 10.1 Å². The summed E-state index contributed by atoms with van der Waals surface area (Å²) in [7, 11) is 0. The van der Waals surface area contributed by atoms with Gasteiger partial charge in [0.05, 0.1) is 17.3 Å². The molecule has 6 nitrogen and oxygen atoms in total. The van der Waals surface area contributed by atoms with Crippen LogP contribution in [-0.2, 0) is 0 Å². The smallest absolute Gasteiger partial charge is 0.250 e. The van der Waals surface area contributed by atoms with Gasteiger partial charge in [-0.2, -0.15) is 10.4 Å². The summed E-state index contributed by atoms with van der Waals surface area (Å²) in [6, 6.07) is 7.19. The molecular formula is C11H7N5O. The number of aromatic amines is 1. The monoisotopic (exact) mass is 225 g/mol. The lowest BCUT2D eigenvalue weighted by Gasteiger charge is -1.97. The molecule has 0 aliphatic carbocycles. The van der Waals surface area contributed by atoms with Crippen molar-refractivity contribution in [1.82, 2.24) is 14.6 Å². The molecule has 0 unspecified atom stereocenters. The maximum atomic E-state index is 11.3. The van der Waals surface area contributed by atoms with Gasteiger partial charge in [0.25, 0.3) is 5.91 Å². The van der Waals surface area contributed by atoms with E-state index in [1.807, 2.05) is 6.07 Å². The number of H-pyrrole nitrogens is 1. The Balaban J connectivity index is 2.55. The second kappa shape index (κ2) is 3.09. The highest BCUT2D eigenvalue weighted by Crippen LogP contribution is 2.21. The highest BCUT2D eigenvalue weighted by atomic mass is 16.1. The summed E-state index contributed by atoms with van der Waals surface area (Å²) >= 11 is 0. The van der Waals surface area contributed by atoms with Gasteiger partial charge in [0.1, 0.15) is 17.1 Å². The molecule has 0 saturated heterocycles. The number of hydrogen-bond donors (Lipinski definition) is 2. The number of fused-ring (bicyclic) bond motifs is 3. The number of aromatic nitrogens is 3. The lowest BCUT2D eigenvalue weighted by atomic mass is 10.2. The van der Waals surface area contributed by atoms with E-state index in [1.165, 1.54) is 10.7 Å². The summed E-state index contributed by atoms with van der Waals surface area (Å²) in [6.45, 7) is 0. The first-order valence-electron chi connectivity index (χ1n) is 4.90. The molecule has 2 heterocycles. The Labute approximate surface area is 95.3 Å². The third kappa shape index (κ3) is 1.13. The van der Waals surface area contributed by atoms with Crippen molar-refractivity contribution in [3.05, 3.63) is 35.5 Å². The molecule has 0 radical (unpaired) electrons. The number of hydrogen-bond acceptors (Lipinski definition) is 3. The van der Waals surface area contributed by atoms with Gasteiger partial charge in [-0.3, -0.25) is 4.79 Å². The van der Waals surface area contributed by atoms with Crippen molar-refractivity contribution < 1.29 is 4.79 Å². The minimum atomic E-state index is -0.523. The lowest BCUT2D eigenvalue weighted by molar-refractivity contribution is 0.100. The first kappa shape index (κ1) is 9.42. The van der Waals surface area contributed by atoms with E-state index in [9.17, 15) is 4.79 Å². The Morgan fingerprint density at radius 1 is 1.53 bits per heavy atom. The zero-order chi connectivity index (χ0) is 12.0. The molecule has 0 spiro atoms. The van der Waals surface area contributed by atoms with Crippen molar-refractivity contribution in [2.75, 3.05) is 0 Å². The zero-order valence-electron chi connectivity index (χ0n) is 8.64. The molecule has 82 valence electrons. The molecular weight excluding hydrogens is 218 g/mol. The Kier molecular flexibility index (Phi) is 1.71. The van der Waals surface area contributed by atoms with Gasteiger partial charge >= 0.3 is 0 Å². The van der Waals surface area contributed by atoms with Crippen LogP contribution in [0.15, 0.2) is 24.4 Å². The van der Waals surface area contributed by atoms with Crippen molar-refractivity contribution in [2.24, 2.45) is 5.73 Å². The fourth-order valence-electron chi connectivity index (χ4n) is 1.92. The van der Waals surface area contributed by atoms with Crippen LogP contribution >= 0.6 is 0 Å². The number of nitrogens with two attached hydrogens (primary N) is 1. The molecule has 3 N–H and O–H groups in total. The zero-order valence-corrected chi connectivity index (χ0v) is 8.64. The summed E-state index contributed by atoms with van der Waals surface area (Å²) < 4.78 is 1.52. The fourth-order valence-corrected chi connectivity index (χ4v) is 1.92. The van der Waals surface area contributed by atoms with Crippen LogP contribution in [0.4, 0.5) is 0 Å². The van der Waals surface area contributed by atoms with Crippen LogP contribution in [0.25, 0.3) is 16.7 Å². The van der Waals surface area contributed by atoms with E-state index in [0.29, 0.717) is 22.3 Å². The Bertz CT molecular complexity index is 789. The van der Waals surface area contributed by atoms with Crippen molar-refractivity contribution >= 4 is 22.6 Å². The van der Waals surface area contributed by atoms with Crippen molar-refractivity contribution in [3.8, 4) is 6.07 Å². The minimum Gasteiger partial charge on any atom is -0.366 e. The number of para-hydroxylation sites is 1. The maximum Gasteiger partial charge on any atom is 0.250 e. The first-order valence-corrected chi connectivity index (χ1v) is 4.90. The molecule has 6 heteroatoms. The fraction of sp³-hybridized carbons (Fsp3) is 0. The van der Waals surface area contributed by atoms with Crippen LogP contribution in [0.3, 0.4) is 0 Å². The van der Waals surface area contributed by atoms with Gasteiger partial charge in [-0.1, -0.05) is 6.07 Å². The summed E-state index contributed by atoms with van der Waals surface area (Å²) in [5, 5.41) is 13.0. The number of carbonyl (C=O) groups is 1. The van der Waals surface area contributed by atoms with Crippen LogP contribution in [-0.4, -0.2) is 20.5 Å². The van der Waals surface area contributed by atoms with Crippen molar-refractivity contribution in [2.45, 2.75) is 0 Å². The van der Waals surface area contributed by atoms with E-state index >= 15 is 0 Å². The standard InChI is InChI=1S/C11H7N5O/c12-4-6-5-14-16-9-7(10(13)17)2-1-3-8(9)15-11(6)16/h1-3,5,15H,(H2,13,17). The van der Waals surface area contributed by atoms with Crippen molar-refractivity contribution in [3.63, 3.8) is 0 Å². The Morgan fingerprint density at radius 2 is 2.35 bits per heavy atom. The Morgan fingerprint density at radius 3 is 3.06 bits per heavy atom. The molecule has 0 atom stereocenters. The quantitative estimate of drug-likeness (QED) is 0.640. The summed E-state index contributed by atoms with van der Waals surface area (Å²) in [5.41, 5.74) is 8.00.